The number of hydrogen-bond acceptors (Lipinski definition) is 7. The number of anilines is 2. The quantitative estimate of drug-likeness (QED) is 0.177. The molecular weight excluding hydrogens is 460 g/mol. The molecule has 0 atom stereocenters. The molecule has 4 aromatic rings. The van der Waals surface area contributed by atoms with E-state index in [0.717, 1.165) is 0 Å². The number of aromatic amines is 2. The SMILES string of the molecule is NC(=O)CNC(=O)Nc1nc2ccc(Oc3ccc4nc(NC(=O)NCC(N)=O)[nH]c4c3)cc2[nH]1. The van der Waals surface area contributed by atoms with E-state index >= 15 is 0 Å². The third-order valence-electron chi connectivity index (χ3n) is 4.45. The van der Waals surface area contributed by atoms with Crippen molar-refractivity contribution in [1.82, 2.24) is 30.6 Å². The molecule has 0 saturated heterocycles. The van der Waals surface area contributed by atoms with E-state index in [1.54, 1.807) is 36.4 Å². The van der Waals surface area contributed by atoms with Gasteiger partial charge >= 0.3 is 12.1 Å². The highest BCUT2D eigenvalue weighted by atomic mass is 16.5. The summed E-state index contributed by atoms with van der Waals surface area (Å²) in [5.74, 6) is 0.00902. The first-order chi connectivity index (χ1) is 16.7. The average Bonchev–Trinajstić information content (AvgIpc) is 3.38. The Hall–Kier alpha value is -5.34. The van der Waals surface area contributed by atoms with Crippen LogP contribution in [0.3, 0.4) is 0 Å². The number of benzene rings is 2. The van der Waals surface area contributed by atoms with Gasteiger partial charge in [-0.15, -0.1) is 0 Å². The fraction of sp³-hybridized carbons (Fsp3) is 0.100. The zero-order valence-corrected chi connectivity index (χ0v) is 18.0. The standard InChI is InChI=1S/C20H20N10O5/c21-15(31)7-23-19(33)29-17-25-11-3-1-9(5-13(11)27-17)35-10-2-4-12-14(6-10)28-18(26-12)30-20(34)24-8-16(22)32/h1-6H,7-8H2,(H2,21,31)(H2,22,32)(H3,23,25,27,29,33)(H3,24,26,28,30,34). The molecule has 15 nitrogen and oxygen atoms in total. The number of imidazole rings is 2. The molecule has 0 aliphatic heterocycles. The number of H-pyrrole nitrogens is 2. The Bertz CT molecular complexity index is 1330. The Morgan fingerprint density at radius 2 is 1.17 bits per heavy atom. The second-order valence-electron chi connectivity index (χ2n) is 7.18. The summed E-state index contributed by atoms with van der Waals surface area (Å²) < 4.78 is 5.91. The first-order valence-corrected chi connectivity index (χ1v) is 10.1. The Kier molecular flexibility index (Phi) is 6.30. The third kappa shape index (κ3) is 5.92. The first kappa shape index (κ1) is 22.8. The molecule has 2 aromatic carbocycles. The number of urea groups is 2. The summed E-state index contributed by atoms with van der Waals surface area (Å²) in [6.07, 6.45) is 0. The van der Waals surface area contributed by atoms with Crippen molar-refractivity contribution in [3.05, 3.63) is 36.4 Å². The molecule has 0 unspecified atom stereocenters. The number of hydrogen-bond donors (Lipinski definition) is 8. The minimum atomic E-state index is -0.668. The predicted molar refractivity (Wildman–Crippen MR) is 125 cm³/mol. The van der Waals surface area contributed by atoms with Crippen molar-refractivity contribution in [2.75, 3.05) is 23.7 Å². The summed E-state index contributed by atoms with van der Waals surface area (Å²) in [5, 5.41) is 9.53. The van der Waals surface area contributed by atoms with Crippen LogP contribution in [0.4, 0.5) is 21.5 Å². The number of fused-ring (bicyclic) bond motifs is 2. The van der Waals surface area contributed by atoms with Gasteiger partial charge in [0.05, 0.1) is 35.2 Å². The van der Waals surface area contributed by atoms with Crippen LogP contribution >= 0.6 is 0 Å². The highest BCUT2D eigenvalue weighted by molar-refractivity contribution is 5.93. The molecule has 0 radical (unpaired) electrons. The van der Waals surface area contributed by atoms with Crippen molar-refractivity contribution in [2.45, 2.75) is 0 Å². The minimum Gasteiger partial charge on any atom is -0.457 e. The molecule has 0 aliphatic carbocycles. The van der Waals surface area contributed by atoms with E-state index < -0.39 is 23.9 Å². The van der Waals surface area contributed by atoms with E-state index in [2.05, 4.69) is 41.2 Å². The number of aromatic nitrogens is 4. The number of ether oxygens (including phenoxy) is 1. The number of carbonyl (C=O) groups is 4. The number of primary amides is 2. The maximum atomic E-state index is 11.8. The van der Waals surface area contributed by atoms with Crippen LogP contribution in [0.1, 0.15) is 0 Å². The van der Waals surface area contributed by atoms with Gasteiger partial charge in [-0.25, -0.2) is 19.6 Å². The van der Waals surface area contributed by atoms with Gasteiger partial charge in [-0.2, -0.15) is 0 Å². The molecule has 0 spiro atoms. The van der Waals surface area contributed by atoms with Crippen LogP contribution in [0.25, 0.3) is 22.1 Å². The lowest BCUT2D eigenvalue weighted by Gasteiger charge is -2.05. The van der Waals surface area contributed by atoms with Gasteiger partial charge in [0, 0.05) is 12.1 Å². The Balaban J connectivity index is 1.43. The smallest absolute Gasteiger partial charge is 0.322 e. The van der Waals surface area contributed by atoms with Crippen molar-refractivity contribution in [1.29, 1.82) is 0 Å². The van der Waals surface area contributed by atoms with Gasteiger partial charge in [0.2, 0.25) is 23.7 Å². The highest BCUT2D eigenvalue weighted by Gasteiger charge is 2.11. The number of amides is 6. The summed E-state index contributed by atoms with van der Waals surface area (Å²) in [6.45, 7) is -0.602. The van der Waals surface area contributed by atoms with Crippen molar-refractivity contribution in [3.8, 4) is 11.5 Å². The van der Waals surface area contributed by atoms with E-state index in [4.69, 9.17) is 16.2 Å². The third-order valence-corrected chi connectivity index (χ3v) is 4.45. The second-order valence-corrected chi connectivity index (χ2v) is 7.18. The van der Waals surface area contributed by atoms with Gasteiger partial charge < -0.3 is 36.8 Å². The lowest BCUT2D eigenvalue weighted by atomic mass is 10.3. The van der Waals surface area contributed by atoms with Crippen LogP contribution in [0.2, 0.25) is 0 Å². The number of nitrogens with zero attached hydrogens (tertiary/aromatic N) is 2. The number of rotatable bonds is 8. The maximum absolute atomic E-state index is 11.8. The molecule has 0 fully saturated rings. The zero-order valence-electron chi connectivity index (χ0n) is 18.0. The van der Waals surface area contributed by atoms with E-state index in [-0.39, 0.29) is 25.0 Å². The fourth-order valence-electron chi connectivity index (χ4n) is 3.00. The number of nitrogens with two attached hydrogens (primary N) is 2. The van der Waals surface area contributed by atoms with E-state index in [1.807, 2.05) is 0 Å². The van der Waals surface area contributed by atoms with Crippen molar-refractivity contribution in [3.63, 3.8) is 0 Å². The van der Waals surface area contributed by atoms with Gasteiger partial charge in [0.15, 0.2) is 0 Å². The van der Waals surface area contributed by atoms with Crippen LogP contribution in [0.15, 0.2) is 36.4 Å². The fourth-order valence-corrected chi connectivity index (χ4v) is 3.00. The van der Waals surface area contributed by atoms with Crippen molar-refractivity contribution < 1.29 is 23.9 Å². The summed E-state index contributed by atoms with van der Waals surface area (Å²) in [6, 6.07) is 8.94. The van der Waals surface area contributed by atoms with Crippen LogP contribution in [0.5, 0.6) is 11.5 Å². The maximum Gasteiger partial charge on any atom is 0.322 e. The number of nitrogens with one attached hydrogen (secondary N) is 6. The van der Waals surface area contributed by atoms with Gasteiger partial charge in [-0.05, 0) is 24.3 Å². The molecule has 6 amide bonds. The molecule has 0 saturated carbocycles. The van der Waals surface area contributed by atoms with E-state index in [9.17, 15) is 19.2 Å². The largest absolute Gasteiger partial charge is 0.457 e. The molecular formula is C20H20N10O5. The molecule has 2 heterocycles. The van der Waals surface area contributed by atoms with Crippen LogP contribution in [0, 0.1) is 0 Å². The lowest BCUT2D eigenvalue weighted by Crippen LogP contribution is -2.36. The second kappa shape index (κ2) is 9.65. The van der Waals surface area contributed by atoms with E-state index in [0.29, 0.717) is 33.6 Å². The van der Waals surface area contributed by atoms with Gasteiger partial charge in [-0.3, -0.25) is 20.2 Å². The van der Waals surface area contributed by atoms with Crippen LogP contribution in [-0.2, 0) is 9.59 Å². The molecule has 10 N–H and O–H groups in total. The summed E-state index contributed by atoms with van der Waals surface area (Å²) in [7, 11) is 0. The van der Waals surface area contributed by atoms with E-state index in [1.165, 1.54) is 0 Å². The topological polar surface area (TPSA) is 235 Å². The van der Waals surface area contributed by atoms with Gasteiger partial charge in [0.25, 0.3) is 0 Å². The van der Waals surface area contributed by atoms with Crippen molar-refractivity contribution in [2.24, 2.45) is 11.5 Å². The van der Waals surface area contributed by atoms with Gasteiger partial charge in [-0.1, -0.05) is 0 Å². The summed E-state index contributed by atoms with van der Waals surface area (Å²) in [5.41, 5.74) is 12.3. The molecule has 0 aliphatic rings. The molecule has 2 aromatic heterocycles. The summed E-state index contributed by atoms with van der Waals surface area (Å²) >= 11 is 0. The molecule has 180 valence electrons. The van der Waals surface area contributed by atoms with Crippen molar-refractivity contribution >= 4 is 57.8 Å². The average molecular weight is 480 g/mol. The molecule has 4 rings (SSSR count). The predicted octanol–water partition coefficient (Wildman–Crippen LogP) is 0.445. The lowest BCUT2D eigenvalue weighted by molar-refractivity contribution is -0.117. The van der Waals surface area contributed by atoms with Gasteiger partial charge in [0.1, 0.15) is 11.5 Å². The van der Waals surface area contributed by atoms with Crippen LogP contribution in [-0.4, -0.2) is 56.9 Å². The number of carbonyl (C=O) groups excluding carboxylic acids is 4. The summed E-state index contributed by atoms with van der Waals surface area (Å²) in [4.78, 5) is 59.4. The molecule has 35 heavy (non-hydrogen) atoms. The van der Waals surface area contributed by atoms with Crippen LogP contribution < -0.4 is 37.5 Å². The normalized spacial score (nSPS) is 10.6. The Morgan fingerprint density at radius 1 is 0.743 bits per heavy atom. The Labute approximate surface area is 196 Å². The molecule has 15 heteroatoms. The Morgan fingerprint density at radius 3 is 1.57 bits per heavy atom. The zero-order chi connectivity index (χ0) is 24.9. The highest BCUT2D eigenvalue weighted by Crippen LogP contribution is 2.28. The minimum absolute atomic E-state index is 0.179. The monoisotopic (exact) mass is 480 g/mol. The molecule has 0 bridgehead atoms. The first-order valence-electron chi connectivity index (χ1n) is 10.1.